The molecule has 2 rings (SSSR count). The molecular weight excluding hydrogens is 226 g/mol. The molecular formula is C14H27N3O. The second-order valence-corrected chi connectivity index (χ2v) is 6.75. The van der Waals surface area contributed by atoms with Gasteiger partial charge >= 0.3 is 0 Å². The third-order valence-electron chi connectivity index (χ3n) is 4.71. The molecule has 2 saturated heterocycles. The number of primary amides is 1. The fourth-order valence-electron chi connectivity index (χ4n) is 3.41. The van der Waals surface area contributed by atoms with Gasteiger partial charge in [0.25, 0.3) is 0 Å². The molecule has 2 aliphatic heterocycles. The first-order valence-corrected chi connectivity index (χ1v) is 7.16. The lowest BCUT2D eigenvalue weighted by molar-refractivity contribution is -0.134. The van der Waals surface area contributed by atoms with Crippen LogP contribution in [0, 0.1) is 0 Å². The minimum Gasteiger partial charge on any atom is -0.368 e. The first-order chi connectivity index (χ1) is 8.36. The topological polar surface area (TPSA) is 49.6 Å². The number of likely N-dealkylation sites (tertiary alicyclic amines) is 2. The van der Waals surface area contributed by atoms with E-state index in [1.54, 1.807) is 0 Å². The summed E-state index contributed by atoms with van der Waals surface area (Å²) in [6.45, 7) is 10.7. The van der Waals surface area contributed by atoms with Crippen molar-refractivity contribution >= 4 is 5.91 Å². The molecule has 2 fully saturated rings. The monoisotopic (exact) mass is 253 g/mol. The molecule has 2 N–H and O–H groups in total. The van der Waals surface area contributed by atoms with Crippen molar-refractivity contribution in [1.82, 2.24) is 9.80 Å². The van der Waals surface area contributed by atoms with Crippen LogP contribution in [-0.4, -0.2) is 53.0 Å². The Morgan fingerprint density at radius 1 is 1.06 bits per heavy atom. The highest BCUT2D eigenvalue weighted by Crippen LogP contribution is 2.33. The molecule has 4 heteroatoms. The van der Waals surface area contributed by atoms with Gasteiger partial charge in [-0.15, -0.1) is 0 Å². The van der Waals surface area contributed by atoms with Gasteiger partial charge in [-0.3, -0.25) is 14.6 Å². The second kappa shape index (κ2) is 4.82. The van der Waals surface area contributed by atoms with E-state index in [9.17, 15) is 4.79 Å². The van der Waals surface area contributed by atoms with Crippen molar-refractivity contribution < 1.29 is 4.79 Å². The van der Waals surface area contributed by atoms with Gasteiger partial charge in [0, 0.05) is 18.6 Å². The van der Waals surface area contributed by atoms with Crippen molar-refractivity contribution in [2.45, 2.75) is 57.5 Å². The number of hydrogen-bond acceptors (Lipinski definition) is 3. The molecule has 0 aromatic carbocycles. The zero-order chi connectivity index (χ0) is 13.4. The Kier molecular flexibility index (Phi) is 3.70. The van der Waals surface area contributed by atoms with E-state index in [0.29, 0.717) is 0 Å². The van der Waals surface area contributed by atoms with Gasteiger partial charge in [-0.05, 0) is 59.5 Å². The quantitative estimate of drug-likeness (QED) is 0.804. The van der Waals surface area contributed by atoms with Gasteiger partial charge < -0.3 is 5.73 Å². The summed E-state index contributed by atoms with van der Waals surface area (Å²) in [5.74, 6) is -0.113. The third kappa shape index (κ3) is 2.41. The van der Waals surface area contributed by atoms with Crippen LogP contribution >= 0.6 is 0 Å². The maximum atomic E-state index is 12.0. The van der Waals surface area contributed by atoms with E-state index in [-0.39, 0.29) is 17.0 Å². The van der Waals surface area contributed by atoms with Crippen LogP contribution in [0.5, 0.6) is 0 Å². The van der Waals surface area contributed by atoms with Crippen LogP contribution in [0.25, 0.3) is 0 Å². The lowest BCUT2D eigenvalue weighted by Gasteiger charge is -2.48. The molecule has 0 aromatic heterocycles. The van der Waals surface area contributed by atoms with Crippen LogP contribution in [0.2, 0.25) is 0 Å². The summed E-state index contributed by atoms with van der Waals surface area (Å²) in [5.41, 5.74) is 5.56. The van der Waals surface area contributed by atoms with Gasteiger partial charge in [-0.1, -0.05) is 0 Å². The highest BCUT2D eigenvalue weighted by atomic mass is 16.1. The van der Waals surface area contributed by atoms with Crippen LogP contribution in [-0.2, 0) is 4.79 Å². The number of piperidine rings is 1. The molecule has 18 heavy (non-hydrogen) atoms. The number of rotatable bonds is 2. The van der Waals surface area contributed by atoms with E-state index >= 15 is 0 Å². The number of nitrogens with zero attached hydrogens (tertiary/aromatic N) is 2. The standard InChI is InChI=1S/C14H27N3O/c1-13(2,3)16-10-6-14(7-11-16,12(15)18)17-8-4-5-9-17/h4-11H2,1-3H3,(H2,15,18). The van der Waals surface area contributed by atoms with Crippen molar-refractivity contribution in [1.29, 1.82) is 0 Å². The molecule has 0 atom stereocenters. The largest absolute Gasteiger partial charge is 0.368 e. The van der Waals surface area contributed by atoms with E-state index in [1.165, 1.54) is 12.8 Å². The molecule has 2 heterocycles. The Morgan fingerprint density at radius 2 is 1.56 bits per heavy atom. The first kappa shape index (κ1) is 13.8. The van der Waals surface area contributed by atoms with Gasteiger partial charge in [0.05, 0.1) is 0 Å². The van der Waals surface area contributed by atoms with Crippen molar-refractivity contribution in [2.75, 3.05) is 26.2 Å². The lowest BCUT2D eigenvalue weighted by Crippen LogP contribution is -2.63. The van der Waals surface area contributed by atoms with E-state index in [1.807, 2.05) is 0 Å². The van der Waals surface area contributed by atoms with Gasteiger partial charge in [0.2, 0.25) is 5.91 Å². The highest BCUT2D eigenvalue weighted by Gasteiger charge is 2.46. The summed E-state index contributed by atoms with van der Waals surface area (Å²) in [4.78, 5) is 16.8. The average molecular weight is 253 g/mol. The summed E-state index contributed by atoms with van der Waals surface area (Å²) in [6, 6.07) is 0. The zero-order valence-corrected chi connectivity index (χ0v) is 12.0. The Labute approximate surface area is 110 Å². The minimum absolute atomic E-state index is 0.113. The fourth-order valence-corrected chi connectivity index (χ4v) is 3.41. The van der Waals surface area contributed by atoms with Crippen molar-refractivity contribution in [2.24, 2.45) is 5.73 Å². The first-order valence-electron chi connectivity index (χ1n) is 7.16. The third-order valence-corrected chi connectivity index (χ3v) is 4.71. The summed E-state index contributed by atoms with van der Waals surface area (Å²) in [5, 5.41) is 0. The fraction of sp³-hybridized carbons (Fsp3) is 0.929. The molecule has 0 aliphatic carbocycles. The number of carbonyl (C=O) groups excluding carboxylic acids is 1. The van der Waals surface area contributed by atoms with Crippen molar-refractivity contribution in [3.05, 3.63) is 0 Å². The number of carbonyl (C=O) groups is 1. The molecule has 0 spiro atoms. The average Bonchev–Trinajstić information content (AvgIpc) is 2.81. The van der Waals surface area contributed by atoms with Crippen LogP contribution in [0.1, 0.15) is 46.5 Å². The van der Waals surface area contributed by atoms with Gasteiger partial charge in [-0.25, -0.2) is 0 Å². The molecule has 4 nitrogen and oxygen atoms in total. The van der Waals surface area contributed by atoms with Crippen LogP contribution in [0.4, 0.5) is 0 Å². The molecule has 0 aromatic rings. The van der Waals surface area contributed by atoms with E-state index < -0.39 is 0 Å². The predicted octanol–water partition coefficient (Wildman–Crippen LogP) is 1.20. The van der Waals surface area contributed by atoms with E-state index in [4.69, 9.17) is 5.73 Å². The van der Waals surface area contributed by atoms with Crippen molar-refractivity contribution in [3.8, 4) is 0 Å². The smallest absolute Gasteiger partial charge is 0.238 e. The Hall–Kier alpha value is -0.610. The maximum absolute atomic E-state index is 12.0. The molecule has 1 amide bonds. The molecule has 104 valence electrons. The maximum Gasteiger partial charge on any atom is 0.238 e. The molecule has 0 saturated carbocycles. The zero-order valence-electron chi connectivity index (χ0n) is 12.0. The van der Waals surface area contributed by atoms with Crippen LogP contribution < -0.4 is 5.73 Å². The van der Waals surface area contributed by atoms with Gasteiger partial charge in [0.1, 0.15) is 5.54 Å². The van der Waals surface area contributed by atoms with Gasteiger partial charge in [-0.2, -0.15) is 0 Å². The normalized spacial score (nSPS) is 26.4. The summed E-state index contributed by atoms with van der Waals surface area (Å²) >= 11 is 0. The predicted molar refractivity (Wildman–Crippen MR) is 73.3 cm³/mol. The minimum atomic E-state index is -0.363. The van der Waals surface area contributed by atoms with E-state index in [2.05, 4.69) is 30.6 Å². The number of hydrogen-bond donors (Lipinski definition) is 1. The molecule has 2 aliphatic rings. The number of nitrogens with two attached hydrogens (primary N) is 1. The lowest BCUT2D eigenvalue weighted by atomic mass is 9.83. The van der Waals surface area contributed by atoms with E-state index in [0.717, 1.165) is 39.0 Å². The molecule has 0 radical (unpaired) electrons. The SMILES string of the molecule is CC(C)(C)N1CCC(C(N)=O)(N2CCCC2)CC1. The van der Waals surface area contributed by atoms with Crippen LogP contribution in [0.3, 0.4) is 0 Å². The Morgan fingerprint density at radius 3 is 1.94 bits per heavy atom. The Balaban J connectivity index is 2.09. The summed E-state index contributed by atoms with van der Waals surface area (Å²) in [6.07, 6.45) is 4.19. The summed E-state index contributed by atoms with van der Waals surface area (Å²) < 4.78 is 0. The van der Waals surface area contributed by atoms with Gasteiger partial charge in [0.15, 0.2) is 0 Å². The van der Waals surface area contributed by atoms with Crippen molar-refractivity contribution in [3.63, 3.8) is 0 Å². The second-order valence-electron chi connectivity index (χ2n) is 6.75. The molecule has 0 bridgehead atoms. The highest BCUT2D eigenvalue weighted by molar-refractivity contribution is 5.85. The summed E-state index contributed by atoms with van der Waals surface area (Å²) in [7, 11) is 0. The Bertz CT molecular complexity index is 307. The van der Waals surface area contributed by atoms with Crippen LogP contribution in [0.15, 0.2) is 0 Å². The number of amides is 1. The molecule has 0 unspecified atom stereocenters.